The second-order valence-electron chi connectivity index (χ2n) is 6.76. The van der Waals surface area contributed by atoms with Crippen LogP contribution >= 0.6 is 39.0 Å². The molecule has 4 aromatic rings. The van der Waals surface area contributed by atoms with Gasteiger partial charge in [0.2, 0.25) is 5.95 Å². The third-order valence-electron chi connectivity index (χ3n) is 4.42. The second kappa shape index (κ2) is 9.30. The van der Waals surface area contributed by atoms with Crippen LogP contribution in [0.2, 0.25) is 0 Å². The van der Waals surface area contributed by atoms with Gasteiger partial charge in [0.15, 0.2) is 4.34 Å². The Hall–Kier alpha value is -2.20. The molecule has 4 rings (SSSR count). The molecule has 3 N–H and O–H groups in total. The van der Waals surface area contributed by atoms with E-state index in [1.165, 1.54) is 4.70 Å². The predicted octanol–water partition coefficient (Wildman–Crippen LogP) is 5.92. The lowest BCUT2D eigenvalue weighted by atomic mass is 10.2. The standard InChI is InChI=1S/C21H20BrN5OS2/c1-12(13(2)28)24-19-16(22)11-23-20(27-19)25-14-7-9-15(10-8-14)29-21-26-17-5-3-4-6-18(17)30-21/h3-13,28H,1-2H3,(H2,23,24,25,27)/t12-,13-/m1/s1. The van der Waals surface area contributed by atoms with E-state index < -0.39 is 6.10 Å². The molecule has 0 radical (unpaired) electrons. The fraction of sp³-hybridized carbons (Fsp3) is 0.190. The third-order valence-corrected chi connectivity index (χ3v) is 7.11. The maximum absolute atomic E-state index is 9.71. The molecular formula is C21H20BrN5OS2. The number of aliphatic hydroxyl groups is 1. The Morgan fingerprint density at radius 2 is 1.83 bits per heavy atom. The number of halogens is 1. The van der Waals surface area contributed by atoms with Gasteiger partial charge in [0.1, 0.15) is 5.82 Å². The van der Waals surface area contributed by atoms with E-state index in [-0.39, 0.29) is 6.04 Å². The minimum absolute atomic E-state index is 0.136. The second-order valence-corrected chi connectivity index (χ2v) is 9.97. The van der Waals surface area contributed by atoms with Gasteiger partial charge in [-0.2, -0.15) is 4.98 Å². The average Bonchev–Trinajstić information content (AvgIpc) is 3.14. The van der Waals surface area contributed by atoms with Crippen molar-refractivity contribution < 1.29 is 5.11 Å². The van der Waals surface area contributed by atoms with Crippen molar-refractivity contribution in [1.82, 2.24) is 15.0 Å². The molecule has 0 fully saturated rings. The summed E-state index contributed by atoms with van der Waals surface area (Å²) < 4.78 is 2.96. The number of benzene rings is 2. The summed E-state index contributed by atoms with van der Waals surface area (Å²) in [6, 6.07) is 16.1. The summed E-state index contributed by atoms with van der Waals surface area (Å²) in [5.41, 5.74) is 1.92. The van der Waals surface area contributed by atoms with Crippen LogP contribution in [0.1, 0.15) is 13.8 Å². The number of thiazole rings is 1. The number of nitrogens with zero attached hydrogens (tertiary/aromatic N) is 3. The number of aliphatic hydroxyl groups excluding tert-OH is 1. The molecule has 2 aromatic carbocycles. The Labute approximate surface area is 191 Å². The van der Waals surface area contributed by atoms with Crippen LogP contribution in [-0.2, 0) is 0 Å². The van der Waals surface area contributed by atoms with Gasteiger partial charge < -0.3 is 15.7 Å². The predicted molar refractivity (Wildman–Crippen MR) is 128 cm³/mol. The molecule has 0 aliphatic heterocycles. The van der Waals surface area contributed by atoms with E-state index in [1.54, 1.807) is 36.2 Å². The first-order valence-electron chi connectivity index (χ1n) is 9.35. The normalized spacial score (nSPS) is 13.2. The molecule has 30 heavy (non-hydrogen) atoms. The molecule has 2 atom stereocenters. The Kier molecular flexibility index (Phi) is 6.52. The van der Waals surface area contributed by atoms with Gasteiger partial charge in [-0.25, -0.2) is 9.97 Å². The van der Waals surface area contributed by atoms with Crippen LogP contribution in [0.5, 0.6) is 0 Å². The van der Waals surface area contributed by atoms with Crippen molar-refractivity contribution in [2.75, 3.05) is 10.6 Å². The maximum atomic E-state index is 9.71. The van der Waals surface area contributed by atoms with Crippen LogP contribution in [0.4, 0.5) is 17.5 Å². The number of hydrogen-bond acceptors (Lipinski definition) is 8. The molecule has 0 aliphatic carbocycles. The van der Waals surface area contributed by atoms with Gasteiger partial charge in [-0.05, 0) is 66.2 Å². The topological polar surface area (TPSA) is 83.0 Å². The van der Waals surface area contributed by atoms with Gasteiger partial charge in [0.05, 0.1) is 26.8 Å². The molecule has 0 bridgehead atoms. The Morgan fingerprint density at radius 3 is 2.57 bits per heavy atom. The molecule has 6 nitrogen and oxygen atoms in total. The summed E-state index contributed by atoms with van der Waals surface area (Å²) in [6.45, 7) is 3.63. The van der Waals surface area contributed by atoms with Crippen molar-refractivity contribution in [1.29, 1.82) is 0 Å². The number of anilines is 3. The van der Waals surface area contributed by atoms with E-state index in [1.807, 2.05) is 49.4 Å². The van der Waals surface area contributed by atoms with Crippen LogP contribution < -0.4 is 10.6 Å². The van der Waals surface area contributed by atoms with Crippen LogP contribution in [0.25, 0.3) is 10.2 Å². The Bertz CT molecular complexity index is 1120. The Morgan fingerprint density at radius 1 is 1.07 bits per heavy atom. The lowest BCUT2D eigenvalue weighted by Crippen LogP contribution is -2.28. The lowest BCUT2D eigenvalue weighted by molar-refractivity contribution is 0.177. The smallest absolute Gasteiger partial charge is 0.229 e. The monoisotopic (exact) mass is 501 g/mol. The summed E-state index contributed by atoms with van der Waals surface area (Å²) in [5, 5.41) is 16.1. The zero-order valence-corrected chi connectivity index (χ0v) is 19.6. The van der Waals surface area contributed by atoms with Gasteiger partial charge in [-0.3, -0.25) is 0 Å². The minimum atomic E-state index is -0.497. The van der Waals surface area contributed by atoms with Crippen LogP contribution in [0.15, 0.2) is 68.4 Å². The van der Waals surface area contributed by atoms with Crippen molar-refractivity contribution in [2.45, 2.75) is 35.2 Å². The average molecular weight is 502 g/mol. The van der Waals surface area contributed by atoms with E-state index in [0.29, 0.717) is 11.8 Å². The molecule has 0 spiro atoms. The first-order chi connectivity index (χ1) is 14.5. The Balaban J connectivity index is 1.44. The number of aromatic nitrogens is 3. The summed E-state index contributed by atoms with van der Waals surface area (Å²) in [6.07, 6.45) is 1.19. The number of para-hydroxylation sites is 1. The van der Waals surface area contributed by atoms with Gasteiger partial charge in [-0.15, -0.1) is 11.3 Å². The molecule has 2 aromatic heterocycles. The van der Waals surface area contributed by atoms with E-state index in [9.17, 15) is 5.11 Å². The number of rotatable bonds is 7. The molecule has 9 heteroatoms. The van der Waals surface area contributed by atoms with Crippen LogP contribution in [-0.4, -0.2) is 32.2 Å². The van der Waals surface area contributed by atoms with Gasteiger partial charge in [0, 0.05) is 16.8 Å². The van der Waals surface area contributed by atoms with Crippen molar-refractivity contribution in [3.63, 3.8) is 0 Å². The maximum Gasteiger partial charge on any atom is 0.229 e. The minimum Gasteiger partial charge on any atom is -0.391 e. The first kappa shape index (κ1) is 21.0. The number of fused-ring (bicyclic) bond motifs is 1. The van der Waals surface area contributed by atoms with Crippen LogP contribution in [0, 0.1) is 0 Å². The van der Waals surface area contributed by atoms with E-state index in [2.05, 4.69) is 47.6 Å². The highest BCUT2D eigenvalue weighted by Crippen LogP contribution is 2.34. The fourth-order valence-corrected chi connectivity index (χ4v) is 4.94. The molecule has 0 saturated heterocycles. The SMILES string of the molecule is C[C@@H](O)[C@@H](C)Nc1nc(Nc2ccc(Sc3nc4ccccc4s3)cc2)ncc1Br. The molecular weight excluding hydrogens is 482 g/mol. The number of hydrogen-bond donors (Lipinski definition) is 3. The van der Waals surface area contributed by atoms with Gasteiger partial charge in [-0.1, -0.05) is 23.9 Å². The van der Waals surface area contributed by atoms with E-state index in [0.717, 1.165) is 24.9 Å². The van der Waals surface area contributed by atoms with E-state index in [4.69, 9.17) is 0 Å². The molecule has 0 amide bonds. The van der Waals surface area contributed by atoms with Crippen molar-refractivity contribution in [3.8, 4) is 0 Å². The third kappa shape index (κ3) is 5.10. The molecule has 0 saturated carbocycles. The summed E-state index contributed by atoms with van der Waals surface area (Å²) in [4.78, 5) is 14.6. The van der Waals surface area contributed by atoms with E-state index >= 15 is 0 Å². The molecule has 154 valence electrons. The van der Waals surface area contributed by atoms with Crippen molar-refractivity contribution in [2.24, 2.45) is 0 Å². The summed E-state index contributed by atoms with van der Waals surface area (Å²) in [5.74, 6) is 1.11. The quantitative estimate of drug-likeness (QED) is 0.289. The highest BCUT2D eigenvalue weighted by Gasteiger charge is 2.13. The first-order valence-corrected chi connectivity index (χ1v) is 11.8. The molecule has 0 aliphatic rings. The highest BCUT2D eigenvalue weighted by molar-refractivity contribution is 9.10. The highest BCUT2D eigenvalue weighted by atomic mass is 79.9. The van der Waals surface area contributed by atoms with Crippen LogP contribution in [0.3, 0.4) is 0 Å². The van der Waals surface area contributed by atoms with Gasteiger partial charge in [0.25, 0.3) is 0 Å². The largest absolute Gasteiger partial charge is 0.391 e. The zero-order chi connectivity index (χ0) is 21.1. The van der Waals surface area contributed by atoms with Gasteiger partial charge >= 0.3 is 0 Å². The molecule has 0 unspecified atom stereocenters. The summed E-state index contributed by atoms with van der Waals surface area (Å²) in [7, 11) is 0. The zero-order valence-electron chi connectivity index (χ0n) is 16.3. The summed E-state index contributed by atoms with van der Waals surface area (Å²) >= 11 is 6.79. The lowest BCUT2D eigenvalue weighted by Gasteiger charge is -2.18. The van der Waals surface area contributed by atoms with Crippen molar-refractivity contribution >= 4 is 66.7 Å². The number of nitrogens with one attached hydrogen (secondary N) is 2. The fourth-order valence-electron chi connectivity index (χ4n) is 2.60. The van der Waals surface area contributed by atoms with Crippen molar-refractivity contribution in [3.05, 3.63) is 59.2 Å². The molecule has 2 heterocycles.